The standard InChI is InChI=1S/C14H9ClF2O/c1-8-2-5-12(16)13(14(8)17)11-6-10(15)4-3-9(11)7-18/h2-7H,1H3. The van der Waals surface area contributed by atoms with Gasteiger partial charge in [0, 0.05) is 10.6 Å². The molecule has 2 aromatic rings. The van der Waals surface area contributed by atoms with E-state index in [2.05, 4.69) is 0 Å². The predicted molar refractivity (Wildman–Crippen MR) is 66.9 cm³/mol. The molecule has 0 aliphatic heterocycles. The highest BCUT2D eigenvalue weighted by Gasteiger charge is 2.16. The minimum absolute atomic E-state index is 0.163. The van der Waals surface area contributed by atoms with E-state index in [0.717, 1.165) is 0 Å². The van der Waals surface area contributed by atoms with E-state index in [0.29, 0.717) is 16.9 Å². The third-order valence-corrected chi connectivity index (χ3v) is 2.93. The molecule has 4 heteroatoms. The Morgan fingerprint density at radius 3 is 2.56 bits per heavy atom. The molecule has 0 atom stereocenters. The number of hydrogen-bond acceptors (Lipinski definition) is 1. The molecular formula is C14H9ClF2O. The molecule has 0 amide bonds. The molecule has 0 saturated carbocycles. The van der Waals surface area contributed by atoms with Gasteiger partial charge in [0.15, 0.2) is 6.29 Å². The molecule has 0 radical (unpaired) electrons. The SMILES string of the molecule is Cc1ccc(F)c(-c2cc(Cl)ccc2C=O)c1F. The van der Waals surface area contributed by atoms with E-state index in [1.54, 1.807) is 0 Å². The molecule has 2 aromatic carbocycles. The summed E-state index contributed by atoms with van der Waals surface area (Å²) < 4.78 is 27.8. The average Bonchev–Trinajstić information content (AvgIpc) is 2.35. The number of aryl methyl sites for hydroxylation is 1. The molecule has 2 rings (SSSR count). The Hall–Kier alpha value is -1.74. The fourth-order valence-corrected chi connectivity index (χ4v) is 1.92. The van der Waals surface area contributed by atoms with Crippen LogP contribution in [0.5, 0.6) is 0 Å². The number of rotatable bonds is 2. The molecule has 1 nitrogen and oxygen atoms in total. The maximum Gasteiger partial charge on any atom is 0.150 e. The van der Waals surface area contributed by atoms with Crippen LogP contribution in [0.1, 0.15) is 15.9 Å². The van der Waals surface area contributed by atoms with E-state index < -0.39 is 11.6 Å². The van der Waals surface area contributed by atoms with Crippen molar-refractivity contribution in [1.29, 1.82) is 0 Å². The van der Waals surface area contributed by atoms with Gasteiger partial charge in [-0.25, -0.2) is 8.78 Å². The van der Waals surface area contributed by atoms with Gasteiger partial charge in [-0.3, -0.25) is 4.79 Å². The lowest BCUT2D eigenvalue weighted by atomic mass is 9.97. The van der Waals surface area contributed by atoms with Gasteiger partial charge in [-0.1, -0.05) is 17.7 Å². The van der Waals surface area contributed by atoms with Crippen molar-refractivity contribution in [2.24, 2.45) is 0 Å². The van der Waals surface area contributed by atoms with Gasteiger partial charge in [-0.2, -0.15) is 0 Å². The Morgan fingerprint density at radius 1 is 1.17 bits per heavy atom. The average molecular weight is 267 g/mol. The van der Waals surface area contributed by atoms with E-state index in [4.69, 9.17) is 11.6 Å². The zero-order valence-electron chi connectivity index (χ0n) is 9.51. The van der Waals surface area contributed by atoms with Crippen molar-refractivity contribution in [2.75, 3.05) is 0 Å². The lowest BCUT2D eigenvalue weighted by Crippen LogP contribution is -1.96. The molecule has 0 bridgehead atoms. The van der Waals surface area contributed by atoms with Crippen molar-refractivity contribution in [3.63, 3.8) is 0 Å². The second-order valence-corrected chi connectivity index (χ2v) is 4.34. The fourth-order valence-electron chi connectivity index (χ4n) is 1.75. The zero-order chi connectivity index (χ0) is 13.3. The maximum atomic E-state index is 14.0. The van der Waals surface area contributed by atoms with Crippen molar-refractivity contribution in [2.45, 2.75) is 6.92 Å². The van der Waals surface area contributed by atoms with Crippen molar-refractivity contribution in [3.05, 3.63) is 58.1 Å². The molecular weight excluding hydrogens is 258 g/mol. The highest BCUT2D eigenvalue weighted by molar-refractivity contribution is 6.31. The van der Waals surface area contributed by atoms with Gasteiger partial charge >= 0.3 is 0 Å². The van der Waals surface area contributed by atoms with E-state index in [9.17, 15) is 13.6 Å². The zero-order valence-corrected chi connectivity index (χ0v) is 10.3. The molecule has 0 unspecified atom stereocenters. The first-order valence-electron chi connectivity index (χ1n) is 5.24. The first-order valence-corrected chi connectivity index (χ1v) is 5.62. The van der Waals surface area contributed by atoms with Crippen LogP contribution in [-0.2, 0) is 0 Å². The quantitative estimate of drug-likeness (QED) is 0.736. The molecule has 0 saturated heterocycles. The number of carbonyl (C=O) groups is 1. The van der Waals surface area contributed by atoms with E-state index in [1.807, 2.05) is 0 Å². The maximum absolute atomic E-state index is 14.0. The van der Waals surface area contributed by atoms with E-state index >= 15 is 0 Å². The lowest BCUT2D eigenvalue weighted by molar-refractivity contribution is 0.112. The summed E-state index contributed by atoms with van der Waals surface area (Å²) in [4.78, 5) is 10.9. The largest absolute Gasteiger partial charge is 0.298 e. The smallest absolute Gasteiger partial charge is 0.150 e. The van der Waals surface area contributed by atoms with Crippen LogP contribution in [0.4, 0.5) is 8.78 Å². The van der Waals surface area contributed by atoms with Crippen LogP contribution in [0, 0.1) is 18.6 Å². The summed E-state index contributed by atoms with van der Waals surface area (Å²) in [6, 6.07) is 6.83. The van der Waals surface area contributed by atoms with Crippen molar-refractivity contribution in [1.82, 2.24) is 0 Å². The van der Waals surface area contributed by atoms with Crippen LogP contribution < -0.4 is 0 Å². The summed E-state index contributed by atoms with van der Waals surface area (Å²) in [6.45, 7) is 1.53. The number of benzene rings is 2. The van der Waals surface area contributed by atoms with E-state index in [-0.39, 0.29) is 16.7 Å². The van der Waals surface area contributed by atoms with Gasteiger partial charge in [0.1, 0.15) is 11.6 Å². The summed E-state index contributed by atoms with van der Waals surface area (Å²) in [6.07, 6.45) is 0.548. The van der Waals surface area contributed by atoms with E-state index in [1.165, 1.54) is 37.3 Å². The molecule has 0 spiro atoms. The highest BCUT2D eigenvalue weighted by atomic mass is 35.5. The first kappa shape index (κ1) is 12.7. The predicted octanol–water partition coefficient (Wildman–Crippen LogP) is 4.41. The molecule has 0 aliphatic carbocycles. The normalized spacial score (nSPS) is 10.4. The molecule has 0 aliphatic rings. The molecule has 0 N–H and O–H groups in total. The van der Waals surface area contributed by atoms with Crippen LogP contribution in [0.3, 0.4) is 0 Å². The van der Waals surface area contributed by atoms with Crippen molar-refractivity contribution < 1.29 is 13.6 Å². The summed E-state index contributed by atoms with van der Waals surface area (Å²) >= 11 is 5.81. The summed E-state index contributed by atoms with van der Waals surface area (Å²) in [5.41, 5.74) is 0.446. The fraction of sp³-hybridized carbons (Fsp3) is 0.0714. The lowest BCUT2D eigenvalue weighted by Gasteiger charge is -2.10. The number of carbonyl (C=O) groups excluding carboxylic acids is 1. The summed E-state index contributed by atoms with van der Waals surface area (Å²) in [7, 11) is 0. The number of hydrogen-bond donors (Lipinski definition) is 0. The van der Waals surface area contributed by atoms with Crippen LogP contribution >= 0.6 is 11.6 Å². The second-order valence-electron chi connectivity index (χ2n) is 3.90. The van der Waals surface area contributed by atoms with Crippen LogP contribution in [0.15, 0.2) is 30.3 Å². The Balaban J connectivity index is 2.80. The van der Waals surface area contributed by atoms with Crippen LogP contribution in [0.2, 0.25) is 5.02 Å². The van der Waals surface area contributed by atoms with Crippen molar-refractivity contribution in [3.8, 4) is 11.1 Å². The monoisotopic (exact) mass is 266 g/mol. The highest BCUT2D eigenvalue weighted by Crippen LogP contribution is 2.31. The first-order chi connectivity index (χ1) is 8.54. The topological polar surface area (TPSA) is 17.1 Å². The van der Waals surface area contributed by atoms with Gasteiger partial charge in [-0.05, 0) is 42.3 Å². The Bertz CT molecular complexity index is 623. The van der Waals surface area contributed by atoms with Gasteiger partial charge in [0.05, 0.1) is 5.56 Å². The molecule has 18 heavy (non-hydrogen) atoms. The molecule has 0 fully saturated rings. The van der Waals surface area contributed by atoms with Crippen LogP contribution in [-0.4, -0.2) is 6.29 Å². The second kappa shape index (κ2) is 4.86. The molecule has 92 valence electrons. The van der Waals surface area contributed by atoms with Gasteiger partial charge in [-0.15, -0.1) is 0 Å². The summed E-state index contributed by atoms with van der Waals surface area (Å²) in [5, 5.41) is 0.316. The Kier molecular flexibility index (Phi) is 3.43. The third kappa shape index (κ3) is 2.14. The Labute approximate surface area is 108 Å². The number of aldehydes is 1. The Morgan fingerprint density at radius 2 is 1.89 bits per heavy atom. The molecule has 0 heterocycles. The number of halogens is 3. The third-order valence-electron chi connectivity index (χ3n) is 2.70. The van der Waals surface area contributed by atoms with Gasteiger partial charge < -0.3 is 0 Å². The molecule has 0 aromatic heterocycles. The minimum atomic E-state index is -0.719. The van der Waals surface area contributed by atoms with Gasteiger partial charge in [0.2, 0.25) is 0 Å². The van der Waals surface area contributed by atoms with Crippen LogP contribution in [0.25, 0.3) is 11.1 Å². The minimum Gasteiger partial charge on any atom is -0.298 e. The van der Waals surface area contributed by atoms with Gasteiger partial charge in [0.25, 0.3) is 0 Å². The summed E-state index contributed by atoms with van der Waals surface area (Å²) in [5.74, 6) is -1.40. The van der Waals surface area contributed by atoms with Crippen molar-refractivity contribution >= 4 is 17.9 Å².